The molecule has 0 atom stereocenters. The van der Waals surface area contributed by atoms with Crippen molar-refractivity contribution in [1.29, 1.82) is 0 Å². The van der Waals surface area contributed by atoms with Crippen molar-refractivity contribution in [2.24, 2.45) is 0 Å². The summed E-state index contributed by atoms with van der Waals surface area (Å²) in [5, 5.41) is 16.5. The lowest BCUT2D eigenvalue weighted by molar-refractivity contribution is 0.0525. The van der Waals surface area contributed by atoms with Crippen LogP contribution < -0.4 is 5.32 Å². The number of furan rings is 1. The van der Waals surface area contributed by atoms with Gasteiger partial charge in [0.05, 0.1) is 12.2 Å². The van der Waals surface area contributed by atoms with Crippen molar-refractivity contribution in [3.63, 3.8) is 0 Å². The molecule has 0 spiro atoms. The van der Waals surface area contributed by atoms with Gasteiger partial charge in [0.2, 0.25) is 5.76 Å². The predicted molar refractivity (Wildman–Crippen MR) is 93.3 cm³/mol. The number of rotatable bonds is 4. The van der Waals surface area contributed by atoms with Crippen LogP contribution >= 0.6 is 0 Å². The number of nitrogens with zero attached hydrogens (tertiary/aromatic N) is 2. The van der Waals surface area contributed by atoms with Gasteiger partial charge in [0, 0.05) is 30.3 Å². The van der Waals surface area contributed by atoms with Crippen LogP contribution in [0.25, 0.3) is 11.3 Å². The number of aromatic carboxylic acids is 1. The number of aryl methyl sites for hydroxylation is 2. The first-order valence-corrected chi connectivity index (χ1v) is 8.55. The van der Waals surface area contributed by atoms with Crippen LogP contribution in [0.1, 0.15) is 48.2 Å². The highest BCUT2D eigenvalue weighted by Crippen LogP contribution is 2.38. The van der Waals surface area contributed by atoms with Gasteiger partial charge in [0.15, 0.2) is 0 Å². The number of amides is 1. The molecule has 0 fully saturated rings. The molecule has 0 saturated heterocycles. The molecule has 0 unspecified atom stereocenters. The minimum Gasteiger partial charge on any atom is -0.475 e. The van der Waals surface area contributed by atoms with Crippen LogP contribution in [0.4, 0.5) is 4.79 Å². The molecule has 140 valence electrons. The monoisotopic (exact) mass is 361 g/mol. The summed E-state index contributed by atoms with van der Waals surface area (Å²) in [4.78, 5) is 23.0. The van der Waals surface area contributed by atoms with E-state index in [0.29, 0.717) is 30.8 Å². The molecule has 0 radical (unpaired) electrons. The molecule has 0 saturated carbocycles. The highest BCUT2D eigenvalue weighted by atomic mass is 16.6. The van der Waals surface area contributed by atoms with Gasteiger partial charge in [-0.1, -0.05) is 0 Å². The normalized spacial score (nSPS) is 13.1. The van der Waals surface area contributed by atoms with Gasteiger partial charge in [-0.3, -0.25) is 4.68 Å². The third-order valence-corrected chi connectivity index (χ3v) is 4.12. The summed E-state index contributed by atoms with van der Waals surface area (Å²) in [7, 11) is 0. The fourth-order valence-electron chi connectivity index (χ4n) is 3.07. The van der Waals surface area contributed by atoms with E-state index < -0.39 is 17.7 Å². The number of carboxylic acids is 1. The number of carbonyl (C=O) groups is 2. The number of hydrogen-bond acceptors (Lipinski definition) is 5. The molecule has 0 bridgehead atoms. The Morgan fingerprint density at radius 1 is 1.38 bits per heavy atom. The molecule has 2 aromatic rings. The van der Waals surface area contributed by atoms with Crippen LogP contribution in [0.5, 0.6) is 0 Å². The molecule has 3 rings (SSSR count). The maximum absolute atomic E-state index is 11.7. The largest absolute Gasteiger partial charge is 0.475 e. The Morgan fingerprint density at radius 3 is 2.77 bits per heavy atom. The minimum atomic E-state index is -1.07. The molecule has 2 aromatic heterocycles. The summed E-state index contributed by atoms with van der Waals surface area (Å²) in [6, 6.07) is 0. The first kappa shape index (κ1) is 18.0. The standard InChI is InChI=1S/C18H23N3O5/c1-10-13-12(25-15(10)16(22)23)6-5-11-9-21(20-14(11)13)8-7-19-17(24)26-18(2,3)4/h9H,5-8H2,1-4H3,(H,19,24)(H,22,23). The van der Waals surface area contributed by atoms with Crippen molar-refractivity contribution in [3.05, 3.63) is 28.8 Å². The summed E-state index contributed by atoms with van der Waals surface area (Å²) in [5.74, 6) is -0.423. The van der Waals surface area contributed by atoms with E-state index in [2.05, 4.69) is 10.4 Å². The Kier molecular flexibility index (Phi) is 4.52. The van der Waals surface area contributed by atoms with Crippen LogP contribution in [0.15, 0.2) is 10.6 Å². The maximum Gasteiger partial charge on any atom is 0.407 e. The summed E-state index contributed by atoms with van der Waals surface area (Å²) >= 11 is 0. The topological polar surface area (TPSA) is 107 Å². The third kappa shape index (κ3) is 3.58. The van der Waals surface area contributed by atoms with E-state index in [4.69, 9.17) is 9.15 Å². The molecule has 0 aromatic carbocycles. The average Bonchev–Trinajstić information content (AvgIpc) is 3.06. The molecule has 2 heterocycles. The van der Waals surface area contributed by atoms with Crippen LogP contribution in [0, 0.1) is 6.92 Å². The van der Waals surface area contributed by atoms with E-state index in [1.807, 2.05) is 27.0 Å². The number of fused-ring (bicyclic) bond motifs is 3. The second-order valence-corrected chi connectivity index (χ2v) is 7.35. The van der Waals surface area contributed by atoms with Crippen molar-refractivity contribution in [1.82, 2.24) is 15.1 Å². The van der Waals surface area contributed by atoms with Crippen molar-refractivity contribution < 1.29 is 23.8 Å². The first-order chi connectivity index (χ1) is 12.2. The van der Waals surface area contributed by atoms with Gasteiger partial charge >= 0.3 is 12.1 Å². The molecule has 1 aliphatic rings. The van der Waals surface area contributed by atoms with E-state index in [1.54, 1.807) is 11.6 Å². The van der Waals surface area contributed by atoms with E-state index >= 15 is 0 Å². The third-order valence-electron chi connectivity index (χ3n) is 4.12. The fourth-order valence-corrected chi connectivity index (χ4v) is 3.07. The summed E-state index contributed by atoms with van der Waals surface area (Å²) in [5.41, 5.74) is 2.66. The molecule has 26 heavy (non-hydrogen) atoms. The van der Waals surface area contributed by atoms with Crippen LogP contribution in [0.2, 0.25) is 0 Å². The zero-order valence-electron chi connectivity index (χ0n) is 15.4. The zero-order valence-corrected chi connectivity index (χ0v) is 15.4. The SMILES string of the molecule is Cc1c(C(=O)O)oc2c1-c1nn(CCNC(=O)OC(C)(C)C)cc1CC2. The average molecular weight is 361 g/mol. The van der Waals surface area contributed by atoms with Crippen LogP contribution in [0.3, 0.4) is 0 Å². The zero-order chi connectivity index (χ0) is 19.1. The molecule has 2 N–H and O–H groups in total. The molecule has 1 aliphatic carbocycles. The molecular weight excluding hydrogens is 338 g/mol. The summed E-state index contributed by atoms with van der Waals surface area (Å²) in [6.45, 7) is 8.04. The van der Waals surface area contributed by atoms with Gasteiger partial charge in [-0.15, -0.1) is 0 Å². The van der Waals surface area contributed by atoms with Crippen LogP contribution in [-0.4, -0.2) is 39.1 Å². The quantitative estimate of drug-likeness (QED) is 0.867. The Hall–Kier alpha value is -2.77. The van der Waals surface area contributed by atoms with E-state index in [-0.39, 0.29) is 5.76 Å². The number of carboxylic acid groups (broad SMARTS) is 1. The van der Waals surface area contributed by atoms with Crippen molar-refractivity contribution in [2.45, 2.75) is 52.7 Å². The van der Waals surface area contributed by atoms with E-state index in [9.17, 15) is 14.7 Å². The molecular formula is C18H23N3O5. The number of aromatic nitrogens is 2. The Balaban J connectivity index is 1.71. The lowest BCUT2D eigenvalue weighted by atomic mass is 9.94. The predicted octanol–water partition coefficient (Wildman–Crippen LogP) is 2.77. The van der Waals surface area contributed by atoms with Crippen LogP contribution in [-0.2, 0) is 24.1 Å². The molecule has 8 heteroatoms. The second-order valence-electron chi connectivity index (χ2n) is 7.35. The van der Waals surface area contributed by atoms with E-state index in [0.717, 1.165) is 23.2 Å². The number of carbonyl (C=O) groups excluding carboxylic acids is 1. The highest BCUT2D eigenvalue weighted by Gasteiger charge is 2.29. The van der Waals surface area contributed by atoms with E-state index in [1.165, 1.54) is 0 Å². The van der Waals surface area contributed by atoms with Gasteiger partial charge in [-0.25, -0.2) is 9.59 Å². The number of nitrogens with one attached hydrogen (secondary N) is 1. The summed E-state index contributed by atoms with van der Waals surface area (Å²) in [6.07, 6.45) is 2.86. The van der Waals surface area contributed by atoms with Gasteiger partial charge in [0.1, 0.15) is 11.4 Å². The number of ether oxygens (including phenoxy) is 1. The molecule has 0 aliphatic heterocycles. The minimum absolute atomic E-state index is 0.0241. The van der Waals surface area contributed by atoms with Gasteiger partial charge in [0.25, 0.3) is 0 Å². The second kappa shape index (κ2) is 6.51. The van der Waals surface area contributed by atoms with Crippen molar-refractivity contribution in [2.75, 3.05) is 6.54 Å². The number of alkyl carbamates (subject to hydrolysis) is 1. The highest BCUT2D eigenvalue weighted by molar-refractivity contribution is 5.90. The lowest BCUT2D eigenvalue weighted by Gasteiger charge is -2.19. The first-order valence-electron chi connectivity index (χ1n) is 8.55. The van der Waals surface area contributed by atoms with Gasteiger partial charge in [-0.05, 0) is 39.7 Å². The van der Waals surface area contributed by atoms with Crippen molar-refractivity contribution in [3.8, 4) is 11.3 Å². The lowest BCUT2D eigenvalue weighted by Crippen LogP contribution is -2.34. The summed E-state index contributed by atoms with van der Waals surface area (Å²) < 4.78 is 12.5. The number of hydrogen-bond donors (Lipinski definition) is 2. The Morgan fingerprint density at radius 2 is 2.12 bits per heavy atom. The molecule has 8 nitrogen and oxygen atoms in total. The van der Waals surface area contributed by atoms with Gasteiger partial charge < -0.3 is 19.6 Å². The Labute approximate surface area is 151 Å². The van der Waals surface area contributed by atoms with Gasteiger partial charge in [-0.2, -0.15) is 5.10 Å². The van der Waals surface area contributed by atoms with Crippen molar-refractivity contribution >= 4 is 12.1 Å². The Bertz CT molecular complexity index is 857. The maximum atomic E-state index is 11.7. The smallest absolute Gasteiger partial charge is 0.407 e. The molecule has 1 amide bonds. The fraction of sp³-hybridized carbons (Fsp3) is 0.500.